The molecule has 0 radical (unpaired) electrons. The van der Waals surface area contributed by atoms with Gasteiger partial charge in [-0.3, -0.25) is 4.79 Å². The van der Waals surface area contributed by atoms with Gasteiger partial charge in [0, 0.05) is 30.9 Å². The van der Waals surface area contributed by atoms with E-state index in [0.717, 1.165) is 92.4 Å². The van der Waals surface area contributed by atoms with E-state index in [4.69, 9.17) is 0 Å². The molecule has 0 atom stereocenters. The molecule has 0 bridgehead atoms. The van der Waals surface area contributed by atoms with Crippen molar-refractivity contribution in [2.24, 2.45) is 0 Å². The second-order valence-electron chi connectivity index (χ2n) is 8.97. The fourth-order valence-electron chi connectivity index (χ4n) is 4.99. The van der Waals surface area contributed by atoms with Crippen LogP contribution in [0.4, 0.5) is 25.8 Å². The van der Waals surface area contributed by atoms with E-state index in [1.165, 1.54) is 12.1 Å². The van der Waals surface area contributed by atoms with E-state index in [2.05, 4.69) is 27.2 Å². The summed E-state index contributed by atoms with van der Waals surface area (Å²) >= 11 is 1.11. The highest BCUT2D eigenvalue weighted by Gasteiger charge is 2.52. The Morgan fingerprint density at radius 1 is 1.19 bits per heavy atom. The van der Waals surface area contributed by atoms with Gasteiger partial charge in [0.15, 0.2) is 0 Å². The summed E-state index contributed by atoms with van der Waals surface area (Å²) in [5.74, 6) is -1.12. The maximum Gasteiger partial charge on any atom is 0.235 e. The lowest BCUT2D eigenvalue weighted by atomic mass is 9.65. The zero-order valence-corrected chi connectivity index (χ0v) is 19.0. The molecule has 1 aliphatic carbocycles. The molecule has 3 N–H and O–H groups in total. The van der Waals surface area contributed by atoms with Gasteiger partial charge in [-0.05, 0) is 74.0 Å². The van der Waals surface area contributed by atoms with Crippen LogP contribution in [0.5, 0.6) is 0 Å². The number of nitrogens with zero attached hydrogens (tertiary/aromatic N) is 1. The van der Waals surface area contributed by atoms with E-state index in [1.54, 1.807) is 0 Å². The molecule has 3 aliphatic rings. The molecule has 8 heteroatoms. The number of rotatable bonds is 6. The highest BCUT2D eigenvalue weighted by Crippen LogP contribution is 2.54. The molecule has 2 fully saturated rings. The molecule has 2 aromatic carbocycles. The highest BCUT2D eigenvalue weighted by atomic mass is 32.2. The van der Waals surface area contributed by atoms with Gasteiger partial charge in [0.25, 0.3) is 0 Å². The monoisotopic (exact) mass is 458 g/mol. The normalized spacial score (nSPS) is 20.0. The second-order valence-corrected chi connectivity index (χ2v) is 9.82. The SMILES string of the molecule is CCN1CCC(Nc2cc(NSc3ccc(F)cc3F)cc3c2NC(=O)C32CCC2)CC1. The van der Waals surface area contributed by atoms with Crippen LogP contribution in [0.1, 0.15) is 44.6 Å². The zero-order valence-electron chi connectivity index (χ0n) is 18.1. The Bertz CT molecular complexity index is 1030. The van der Waals surface area contributed by atoms with E-state index >= 15 is 0 Å². The van der Waals surface area contributed by atoms with Gasteiger partial charge in [-0.2, -0.15) is 0 Å². The van der Waals surface area contributed by atoms with Gasteiger partial charge < -0.3 is 20.3 Å². The number of amides is 1. The third-order valence-corrected chi connectivity index (χ3v) is 7.99. The van der Waals surface area contributed by atoms with Crippen LogP contribution in [0.25, 0.3) is 0 Å². The van der Waals surface area contributed by atoms with Crippen molar-refractivity contribution in [3.8, 4) is 0 Å². The van der Waals surface area contributed by atoms with Gasteiger partial charge in [-0.25, -0.2) is 8.78 Å². The Morgan fingerprint density at radius 3 is 2.62 bits per heavy atom. The van der Waals surface area contributed by atoms with Crippen molar-refractivity contribution in [2.45, 2.75) is 55.4 Å². The van der Waals surface area contributed by atoms with Crippen molar-refractivity contribution >= 4 is 34.9 Å². The van der Waals surface area contributed by atoms with Crippen molar-refractivity contribution < 1.29 is 13.6 Å². The van der Waals surface area contributed by atoms with Crippen LogP contribution >= 0.6 is 11.9 Å². The molecule has 1 spiro atoms. The predicted molar refractivity (Wildman–Crippen MR) is 125 cm³/mol. The van der Waals surface area contributed by atoms with Crippen LogP contribution in [-0.4, -0.2) is 36.5 Å². The largest absolute Gasteiger partial charge is 0.380 e. The van der Waals surface area contributed by atoms with Gasteiger partial charge in [-0.15, -0.1) is 0 Å². The minimum atomic E-state index is -0.600. The van der Waals surface area contributed by atoms with E-state index in [1.807, 2.05) is 12.1 Å². The first-order valence-corrected chi connectivity index (χ1v) is 12.2. The molecule has 1 saturated carbocycles. The number of hydrogen-bond acceptors (Lipinski definition) is 5. The number of likely N-dealkylation sites (tertiary alicyclic amines) is 1. The molecule has 2 aliphatic heterocycles. The first-order valence-electron chi connectivity index (χ1n) is 11.4. The molecule has 2 heterocycles. The van der Waals surface area contributed by atoms with Gasteiger partial charge in [0.2, 0.25) is 5.91 Å². The number of carbonyl (C=O) groups excluding carboxylic acids is 1. The number of carbonyl (C=O) groups is 1. The van der Waals surface area contributed by atoms with Crippen LogP contribution in [0.15, 0.2) is 35.2 Å². The van der Waals surface area contributed by atoms with Crippen molar-refractivity contribution in [1.29, 1.82) is 0 Å². The number of hydrogen-bond donors (Lipinski definition) is 3. The fourth-order valence-corrected chi connectivity index (χ4v) is 5.63. The number of anilines is 3. The topological polar surface area (TPSA) is 56.4 Å². The van der Waals surface area contributed by atoms with Gasteiger partial charge in [0.05, 0.1) is 21.7 Å². The Morgan fingerprint density at radius 2 is 1.97 bits per heavy atom. The van der Waals surface area contributed by atoms with E-state index in [-0.39, 0.29) is 5.91 Å². The van der Waals surface area contributed by atoms with Gasteiger partial charge in [0.1, 0.15) is 11.6 Å². The maximum absolute atomic E-state index is 14.1. The molecule has 5 rings (SSSR count). The molecule has 0 aromatic heterocycles. The van der Waals surface area contributed by atoms with E-state index in [9.17, 15) is 13.6 Å². The van der Waals surface area contributed by atoms with Crippen LogP contribution in [0.3, 0.4) is 0 Å². The lowest BCUT2D eigenvalue weighted by Crippen LogP contribution is -2.40. The number of benzene rings is 2. The van der Waals surface area contributed by atoms with Crippen molar-refractivity contribution in [1.82, 2.24) is 4.90 Å². The molecule has 0 unspecified atom stereocenters. The Kier molecular flexibility index (Phi) is 5.75. The summed E-state index contributed by atoms with van der Waals surface area (Å²) in [6, 6.07) is 7.89. The van der Waals surface area contributed by atoms with Crippen molar-refractivity contribution in [2.75, 3.05) is 35.0 Å². The number of fused-ring (bicyclic) bond motifs is 2. The van der Waals surface area contributed by atoms with Crippen LogP contribution in [-0.2, 0) is 10.2 Å². The van der Waals surface area contributed by atoms with Crippen LogP contribution in [0.2, 0.25) is 0 Å². The molecule has 32 heavy (non-hydrogen) atoms. The molecule has 2 aromatic rings. The average Bonchev–Trinajstić information content (AvgIpc) is 3.06. The predicted octanol–water partition coefficient (Wildman–Crippen LogP) is 5.35. The quantitative estimate of drug-likeness (QED) is 0.509. The average molecular weight is 459 g/mol. The Labute approximate surface area is 191 Å². The number of piperidine rings is 1. The Balaban J connectivity index is 1.41. The minimum absolute atomic E-state index is 0.0805. The zero-order chi connectivity index (χ0) is 22.3. The van der Waals surface area contributed by atoms with Gasteiger partial charge in [-0.1, -0.05) is 13.3 Å². The number of halogens is 2. The molecule has 1 amide bonds. The molecule has 170 valence electrons. The minimum Gasteiger partial charge on any atom is -0.380 e. The first-order chi connectivity index (χ1) is 15.5. The first kappa shape index (κ1) is 21.5. The lowest BCUT2D eigenvalue weighted by Gasteiger charge is -2.36. The third kappa shape index (κ3) is 3.83. The van der Waals surface area contributed by atoms with Crippen molar-refractivity contribution in [3.05, 3.63) is 47.5 Å². The summed E-state index contributed by atoms with van der Waals surface area (Å²) in [7, 11) is 0. The molecular formula is C24H28F2N4OS. The van der Waals surface area contributed by atoms with Crippen molar-refractivity contribution in [3.63, 3.8) is 0 Å². The Hall–Kier alpha value is -2.32. The maximum atomic E-state index is 14.1. The summed E-state index contributed by atoms with van der Waals surface area (Å²) in [6.07, 6.45) is 4.84. The van der Waals surface area contributed by atoms with Crippen LogP contribution < -0.4 is 15.4 Å². The second kappa shape index (κ2) is 8.56. The standard InChI is InChI=1S/C24H28F2N4OS/c1-2-30-10-6-16(7-11-30)27-20-14-17(29-32-21-5-4-15(25)12-19(21)26)13-18-22(20)28-23(31)24(18)8-3-9-24/h4-5,12-14,16,27,29H,2-3,6-11H2,1H3,(H,28,31). The summed E-state index contributed by atoms with van der Waals surface area (Å²) in [5, 5.41) is 6.81. The highest BCUT2D eigenvalue weighted by molar-refractivity contribution is 8.00. The summed E-state index contributed by atoms with van der Waals surface area (Å²) in [5.41, 5.74) is 3.18. The molecular weight excluding hydrogens is 430 g/mol. The third-order valence-electron chi connectivity index (χ3n) is 7.10. The molecule has 1 saturated heterocycles. The number of nitrogens with one attached hydrogen (secondary N) is 3. The van der Waals surface area contributed by atoms with E-state index in [0.29, 0.717) is 10.9 Å². The fraction of sp³-hybridized carbons (Fsp3) is 0.458. The summed E-state index contributed by atoms with van der Waals surface area (Å²) in [6.45, 7) is 5.37. The molecule has 5 nitrogen and oxygen atoms in total. The lowest BCUT2D eigenvalue weighted by molar-refractivity contribution is -0.123. The summed E-state index contributed by atoms with van der Waals surface area (Å²) in [4.78, 5) is 15.6. The summed E-state index contributed by atoms with van der Waals surface area (Å²) < 4.78 is 30.5. The van der Waals surface area contributed by atoms with Crippen LogP contribution in [0, 0.1) is 11.6 Å². The smallest absolute Gasteiger partial charge is 0.235 e. The van der Waals surface area contributed by atoms with Gasteiger partial charge >= 0.3 is 0 Å². The van der Waals surface area contributed by atoms with E-state index < -0.39 is 17.0 Å².